The van der Waals surface area contributed by atoms with E-state index >= 15 is 0 Å². The molecule has 0 radical (unpaired) electrons. The summed E-state index contributed by atoms with van der Waals surface area (Å²) in [6.07, 6.45) is -10.8. The van der Waals surface area contributed by atoms with Crippen LogP contribution in [0.15, 0.2) is 11.5 Å². The maximum absolute atomic E-state index is 11.2. The molecule has 1 saturated heterocycles. The first kappa shape index (κ1) is 17.9. The standard InChI is InChI=1S/C12H18O11/c13-1-3-5(15)6(16)9(19)12(21-3)22-4(2-14)10-7(17)8(18)11(20)23-10/h3-6,9-10,12-19H,1-2H2/t3-,4+,5+,6+,9-,10-,12+/m1/s1. The van der Waals surface area contributed by atoms with Crippen molar-refractivity contribution in [3.63, 3.8) is 0 Å². The molecule has 0 aromatic rings. The molecule has 11 heteroatoms. The molecule has 11 nitrogen and oxygen atoms in total. The minimum atomic E-state index is -1.74. The first-order valence-electron chi connectivity index (χ1n) is 6.71. The van der Waals surface area contributed by atoms with Crippen LogP contribution in [0.4, 0.5) is 0 Å². The Bertz CT molecular complexity index is 476. The average Bonchev–Trinajstić information content (AvgIpc) is 2.79. The van der Waals surface area contributed by atoms with Gasteiger partial charge in [0, 0.05) is 0 Å². The van der Waals surface area contributed by atoms with Gasteiger partial charge in [0.05, 0.1) is 13.2 Å². The molecule has 0 aliphatic carbocycles. The lowest BCUT2D eigenvalue weighted by Gasteiger charge is -2.41. The van der Waals surface area contributed by atoms with Gasteiger partial charge in [-0.1, -0.05) is 0 Å². The summed E-state index contributed by atoms with van der Waals surface area (Å²) < 4.78 is 14.9. The Morgan fingerprint density at radius 2 is 1.74 bits per heavy atom. The first-order chi connectivity index (χ1) is 10.8. The van der Waals surface area contributed by atoms with E-state index in [0.29, 0.717) is 0 Å². The number of rotatable bonds is 5. The quantitative estimate of drug-likeness (QED) is 0.246. The van der Waals surface area contributed by atoms with Gasteiger partial charge in [0.1, 0.15) is 30.5 Å². The van der Waals surface area contributed by atoms with Gasteiger partial charge in [0.2, 0.25) is 5.76 Å². The number of cyclic esters (lactones) is 1. The average molecular weight is 338 g/mol. The fourth-order valence-electron chi connectivity index (χ4n) is 2.28. The van der Waals surface area contributed by atoms with Crippen molar-refractivity contribution in [1.29, 1.82) is 0 Å². The first-order valence-corrected chi connectivity index (χ1v) is 6.71. The van der Waals surface area contributed by atoms with E-state index in [1.807, 2.05) is 0 Å². The summed E-state index contributed by atoms with van der Waals surface area (Å²) in [7, 11) is 0. The van der Waals surface area contributed by atoms with E-state index in [4.69, 9.17) is 14.6 Å². The Morgan fingerprint density at radius 1 is 1.09 bits per heavy atom. The number of esters is 1. The largest absolute Gasteiger partial charge is 0.505 e. The topological polar surface area (TPSA) is 186 Å². The third kappa shape index (κ3) is 3.26. The third-order valence-corrected chi connectivity index (χ3v) is 3.61. The molecule has 2 rings (SSSR count). The fourth-order valence-corrected chi connectivity index (χ4v) is 2.28. The predicted molar refractivity (Wildman–Crippen MR) is 67.9 cm³/mol. The Hall–Kier alpha value is -1.47. The zero-order valence-corrected chi connectivity index (χ0v) is 11.7. The molecule has 7 atom stereocenters. The van der Waals surface area contributed by atoms with Crippen LogP contribution in [0, 0.1) is 0 Å². The lowest BCUT2D eigenvalue weighted by atomic mass is 9.99. The summed E-state index contributed by atoms with van der Waals surface area (Å²) in [5.41, 5.74) is 0. The smallest absolute Gasteiger partial charge is 0.377 e. The lowest BCUT2D eigenvalue weighted by Crippen LogP contribution is -2.60. The highest BCUT2D eigenvalue weighted by Crippen LogP contribution is 2.27. The molecule has 2 aliphatic heterocycles. The summed E-state index contributed by atoms with van der Waals surface area (Å²) in [6, 6.07) is 0. The predicted octanol–water partition coefficient (Wildman–Crippen LogP) is -3.58. The van der Waals surface area contributed by atoms with Gasteiger partial charge in [0.15, 0.2) is 18.2 Å². The molecule has 0 saturated carbocycles. The minimum Gasteiger partial charge on any atom is -0.505 e. The summed E-state index contributed by atoms with van der Waals surface area (Å²) in [5.74, 6) is -3.12. The van der Waals surface area contributed by atoms with Crippen LogP contribution in [0.1, 0.15) is 0 Å². The third-order valence-electron chi connectivity index (χ3n) is 3.61. The Morgan fingerprint density at radius 3 is 2.22 bits per heavy atom. The van der Waals surface area contributed by atoms with Crippen LogP contribution in [-0.4, -0.2) is 97.8 Å². The number of carbonyl (C=O) groups is 1. The van der Waals surface area contributed by atoms with Gasteiger partial charge in [-0.25, -0.2) is 4.79 Å². The molecule has 1 fully saturated rings. The molecule has 0 aromatic carbocycles. The molecule has 0 amide bonds. The highest BCUT2D eigenvalue weighted by molar-refractivity contribution is 5.89. The molecule has 2 heterocycles. The van der Waals surface area contributed by atoms with Crippen LogP contribution in [0.2, 0.25) is 0 Å². The normalized spacial score (nSPS) is 39.4. The lowest BCUT2D eigenvalue weighted by molar-refractivity contribution is -0.318. The molecule has 23 heavy (non-hydrogen) atoms. The van der Waals surface area contributed by atoms with Crippen molar-refractivity contribution in [3.05, 3.63) is 11.5 Å². The van der Waals surface area contributed by atoms with Crippen molar-refractivity contribution in [2.45, 2.75) is 42.9 Å². The maximum Gasteiger partial charge on any atom is 0.377 e. The second kappa shape index (κ2) is 6.97. The van der Waals surface area contributed by atoms with E-state index in [1.54, 1.807) is 0 Å². The maximum atomic E-state index is 11.2. The molecular formula is C12H18O11. The van der Waals surface area contributed by atoms with Gasteiger partial charge in [0.25, 0.3) is 0 Å². The van der Waals surface area contributed by atoms with E-state index in [9.17, 15) is 35.4 Å². The molecule has 0 spiro atoms. The van der Waals surface area contributed by atoms with Gasteiger partial charge in [-0.3, -0.25) is 0 Å². The van der Waals surface area contributed by atoms with Gasteiger partial charge < -0.3 is 50.0 Å². The van der Waals surface area contributed by atoms with Crippen molar-refractivity contribution < 1.29 is 54.8 Å². The van der Waals surface area contributed by atoms with Crippen LogP contribution in [-0.2, 0) is 19.0 Å². The highest BCUT2D eigenvalue weighted by atomic mass is 16.7. The minimum absolute atomic E-state index is 0.682. The van der Waals surface area contributed by atoms with Crippen molar-refractivity contribution in [3.8, 4) is 0 Å². The second-order valence-electron chi connectivity index (χ2n) is 5.11. The van der Waals surface area contributed by atoms with E-state index in [-0.39, 0.29) is 0 Å². The summed E-state index contributed by atoms with van der Waals surface area (Å²) in [6.45, 7) is -1.48. The van der Waals surface area contributed by atoms with E-state index in [1.165, 1.54) is 0 Å². The zero-order chi connectivity index (χ0) is 17.3. The van der Waals surface area contributed by atoms with Crippen molar-refractivity contribution >= 4 is 5.97 Å². The SMILES string of the molecule is O=C1O[C@H]([C@H](CO)O[C@@H]2O[C@H](CO)[C@H](O)[C@H](O)[C@H]2O)C(O)=C1O. The van der Waals surface area contributed by atoms with E-state index in [2.05, 4.69) is 4.74 Å². The Kier molecular flexibility index (Phi) is 5.41. The van der Waals surface area contributed by atoms with Crippen LogP contribution < -0.4 is 0 Å². The molecule has 132 valence electrons. The number of aliphatic hydroxyl groups is 7. The Balaban J connectivity index is 2.11. The fraction of sp³-hybridized carbons (Fsp3) is 0.750. The number of ether oxygens (including phenoxy) is 3. The number of hydrogen-bond donors (Lipinski definition) is 7. The summed E-state index contributed by atoms with van der Waals surface area (Å²) in [5, 5.41) is 66.3. The highest BCUT2D eigenvalue weighted by Gasteiger charge is 2.47. The molecule has 0 aromatic heterocycles. The second-order valence-corrected chi connectivity index (χ2v) is 5.11. The van der Waals surface area contributed by atoms with E-state index in [0.717, 1.165) is 0 Å². The van der Waals surface area contributed by atoms with Gasteiger partial charge >= 0.3 is 5.97 Å². The van der Waals surface area contributed by atoms with Gasteiger partial charge in [-0.05, 0) is 0 Å². The molecular weight excluding hydrogens is 320 g/mol. The van der Waals surface area contributed by atoms with Crippen molar-refractivity contribution in [2.75, 3.05) is 13.2 Å². The van der Waals surface area contributed by atoms with Gasteiger partial charge in [-0.15, -0.1) is 0 Å². The van der Waals surface area contributed by atoms with Crippen LogP contribution in [0.5, 0.6) is 0 Å². The Labute approximate surface area is 129 Å². The summed E-state index contributed by atoms with van der Waals surface area (Å²) in [4.78, 5) is 11.2. The van der Waals surface area contributed by atoms with Gasteiger partial charge in [-0.2, -0.15) is 0 Å². The molecule has 7 N–H and O–H groups in total. The number of hydrogen-bond acceptors (Lipinski definition) is 11. The van der Waals surface area contributed by atoms with Crippen molar-refractivity contribution in [1.82, 2.24) is 0 Å². The monoisotopic (exact) mass is 338 g/mol. The number of carbonyl (C=O) groups excluding carboxylic acids is 1. The molecule has 2 aliphatic rings. The molecule has 0 bridgehead atoms. The molecule has 0 unspecified atom stereocenters. The van der Waals surface area contributed by atoms with E-state index < -0.39 is 73.6 Å². The number of aliphatic hydroxyl groups excluding tert-OH is 7. The van der Waals surface area contributed by atoms with Crippen LogP contribution >= 0.6 is 0 Å². The van der Waals surface area contributed by atoms with Crippen LogP contribution in [0.25, 0.3) is 0 Å². The van der Waals surface area contributed by atoms with Crippen molar-refractivity contribution in [2.24, 2.45) is 0 Å². The zero-order valence-electron chi connectivity index (χ0n) is 11.7. The summed E-state index contributed by atoms with van der Waals surface area (Å²) >= 11 is 0. The van der Waals surface area contributed by atoms with Crippen LogP contribution in [0.3, 0.4) is 0 Å².